The lowest BCUT2D eigenvalue weighted by molar-refractivity contribution is 0.252. The number of hydrogen-bond acceptors (Lipinski definition) is 4. The van der Waals surface area contributed by atoms with Crippen molar-refractivity contribution in [2.75, 3.05) is 11.9 Å². The summed E-state index contributed by atoms with van der Waals surface area (Å²) in [6, 6.07) is 11.8. The molecule has 3 heterocycles. The van der Waals surface area contributed by atoms with Crippen molar-refractivity contribution in [1.82, 2.24) is 24.9 Å². The number of carbonyl (C=O) groups excluding carboxylic acids is 1. The SMILES string of the molecule is CCNC(=O)Nc1cc(-c2c(-c3ccc(F)c(C)c3)nc3cccnn23)ccn1. The topological polar surface area (TPSA) is 84.2 Å². The van der Waals surface area contributed by atoms with Gasteiger partial charge in [0.15, 0.2) is 5.65 Å². The maximum atomic E-state index is 13.8. The number of aromatic nitrogens is 4. The van der Waals surface area contributed by atoms with Crippen molar-refractivity contribution in [2.24, 2.45) is 0 Å². The zero-order valence-electron chi connectivity index (χ0n) is 16.0. The second kappa shape index (κ2) is 7.67. The minimum atomic E-state index is -0.331. The monoisotopic (exact) mass is 390 g/mol. The fourth-order valence-corrected chi connectivity index (χ4v) is 3.11. The van der Waals surface area contributed by atoms with E-state index in [9.17, 15) is 9.18 Å². The summed E-state index contributed by atoms with van der Waals surface area (Å²) in [5, 5.41) is 9.80. The Morgan fingerprint density at radius 1 is 1.14 bits per heavy atom. The van der Waals surface area contributed by atoms with E-state index in [2.05, 4.69) is 20.7 Å². The molecule has 4 rings (SSSR count). The van der Waals surface area contributed by atoms with Crippen LogP contribution in [0.1, 0.15) is 12.5 Å². The van der Waals surface area contributed by atoms with Crippen LogP contribution in [-0.2, 0) is 0 Å². The van der Waals surface area contributed by atoms with Crippen LogP contribution >= 0.6 is 0 Å². The smallest absolute Gasteiger partial charge is 0.320 e. The molecule has 29 heavy (non-hydrogen) atoms. The average Bonchev–Trinajstić information content (AvgIpc) is 3.10. The van der Waals surface area contributed by atoms with E-state index in [0.717, 1.165) is 16.8 Å². The molecule has 0 aliphatic rings. The highest BCUT2D eigenvalue weighted by Crippen LogP contribution is 2.33. The van der Waals surface area contributed by atoms with Crippen molar-refractivity contribution in [3.8, 4) is 22.5 Å². The van der Waals surface area contributed by atoms with E-state index in [1.807, 2.05) is 19.1 Å². The number of aryl methyl sites for hydroxylation is 1. The lowest BCUT2D eigenvalue weighted by atomic mass is 10.0. The van der Waals surface area contributed by atoms with E-state index in [0.29, 0.717) is 29.3 Å². The first kappa shape index (κ1) is 18.5. The van der Waals surface area contributed by atoms with Crippen molar-refractivity contribution in [3.63, 3.8) is 0 Å². The van der Waals surface area contributed by atoms with Crippen LogP contribution in [-0.4, -0.2) is 32.2 Å². The van der Waals surface area contributed by atoms with E-state index < -0.39 is 0 Å². The van der Waals surface area contributed by atoms with Crippen LogP contribution in [0, 0.1) is 12.7 Å². The summed E-state index contributed by atoms with van der Waals surface area (Å²) >= 11 is 0. The lowest BCUT2D eigenvalue weighted by Crippen LogP contribution is -2.28. The summed E-state index contributed by atoms with van der Waals surface area (Å²) in [5.74, 6) is 0.134. The predicted molar refractivity (Wildman–Crippen MR) is 109 cm³/mol. The van der Waals surface area contributed by atoms with Gasteiger partial charge in [0, 0.05) is 30.1 Å². The number of fused-ring (bicyclic) bond motifs is 1. The number of nitrogens with zero attached hydrogens (tertiary/aromatic N) is 4. The normalized spacial score (nSPS) is 10.9. The number of halogens is 1. The molecule has 0 saturated heterocycles. The predicted octanol–water partition coefficient (Wildman–Crippen LogP) is 4.05. The molecule has 2 amide bonds. The number of nitrogens with one attached hydrogen (secondary N) is 2. The minimum Gasteiger partial charge on any atom is -0.338 e. The Morgan fingerprint density at radius 2 is 2.00 bits per heavy atom. The van der Waals surface area contributed by atoms with Crippen molar-refractivity contribution in [1.29, 1.82) is 0 Å². The van der Waals surface area contributed by atoms with Crippen LogP contribution in [0.2, 0.25) is 0 Å². The van der Waals surface area contributed by atoms with Crippen molar-refractivity contribution >= 4 is 17.5 Å². The molecule has 0 aliphatic heterocycles. The molecule has 0 spiro atoms. The van der Waals surface area contributed by atoms with Gasteiger partial charge in [0.05, 0.1) is 5.69 Å². The number of amides is 2. The largest absolute Gasteiger partial charge is 0.338 e. The van der Waals surface area contributed by atoms with E-state index in [1.54, 1.807) is 48.1 Å². The molecule has 8 heteroatoms. The third-order valence-corrected chi connectivity index (χ3v) is 4.44. The van der Waals surface area contributed by atoms with E-state index in [1.165, 1.54) is 6.07 Å². The average molecular weight is 390 g/mol. The van der Waals surface area contributed by atoms with Gasteiger partial charge in [-0.2, -0.15) is 5.10 Å². The van der Waals surface area contributed by atoms with Crippen LogP contribution in [0.3, 0.4) is 0 Å². The van der Waals surface area contributed by atoms with Gasteiger partial charge in [-0.1, -0.05) is 0 Å². The molecule has 2 N–H and O–H groups in total. The molecule has 146 valence electrons. The molecule has 7 nitrogen and oxygen atoms in total. The van der Waals surface area contributed by atoms with Gasteiger partial charge in [0.2, 0.25) is 0 Å². The van der Waals surface area contributed by atoms with Gasteiger partial charge < -0.3 is 5.32 Å². The molecule has 4 aromatic rings. The summed E-state index contributed by atoms with van der Waals surface area (Å²) in [5.41, 5.74) is 4.14. The molecule has 0 aliphatic carbocycles. The van der Waals surface area contributed by atoms with Crippen LogP contribution in [0.4, 0.5) is 15.0 Å². The van der Waals surface area contributed by atoms with Gasteiger partial charge in [-0.3, -0.25) is 5.32 Å². The zero-order chi connectivity index (χ0) is 20.4. The fraction of sp³-hybridized carbons (Fsp3) is 0.143. The number of anilines is 1. The molecule has 0 bridgehead atoms. The van der Waals surface area contributed by atoms with Crippen LogP contribution in [0.15, 0.2) is 54.9 Å². The van der Waals surface area contributed by atoms with Crippen molar-refractivity contribution in [2.45, 2.75) is 13.8 Å². The molecule has 0 radical (unpaired) electrons. The molecule has 0 atom stereocenters. The van der Waals surface area contributed by atoms with Crippen LogP contribution < -0.4 is 10.6 Å². The molecular formula is C21H19FN6O. The van der Waals surface area contributed by atoms with Gasteiger partial charge in [0.25, 0.3) is 0 Å². The quantitative estimate of drug-likeness (QED) is 0.551. The number of carbonyl (C=O) groups is 1. The second-order valence-corrected chi connectivity index (χ2v) is 6.48. The standard InChI is InChI=1S/C21H19FN6O/c1-3-23-21(29)26-17-12-15(8-10-24-17)20-19(14-6-7-16(22)13(2)11-14)27-18-5-4-9-25-28(18)20/h4-12H,3H2,1-2H3,(H2,23,24,26,29). The Hall–Kier alpha value is -3.81. The fourth-order valence-electron chi connectivity index (χ4n) is 3.11. The van der Waals surface area contributed by atoms with Crippen molar-refractivity contribution in [3.05, 3.63) is 66.2 Å². The summed E-state index contributed by atoms with van der Waals surface area (Å²) in [4.78, 5) is 20.8. The summed E-state index contributed by atoms with van der Waals surface area (Å²) < 4.78 is 15.5. The summed E-state index contributed by atoms with van der Waals surface area (Å²) in [6.45, 7) is 4.06. The third kappa shape index (κ3) is 3.64. The Bertz CT molecular complexity index is 1200. The van der Waals surface area contributed by atoms with Gasteiger partial charge >= 0.3 is 6.03 Å². The first-order valence-electron chi connectivity index (χ1n) is 9.18. The number of urea groups is 1. The van der Waals surface area contributed by atoms with Gasteiger partial charge in [-0.25, -0.2) is 23.7 Å². The Balaban J connectivity index is 1.87. The summed E-state index contributed by atoms with van der Waals surface area (Å²) in [6.07, 6.45) is 3.28. The number of rotatable bonds is 4. The van der Waals surface area contributed by atoms with Crippen molar-refractivity contribution < 1.29 is 9.18 Å². The van der Waals surface area contributed by atoms with Gasteiger partial charge in [0.1, 0.15) is 17.3 Å². The number of hydrogen-bond donors (Lipinski definition) is 2. The lowest BCUT2D eigenvalue weighted by Gasteiger charge is -2.09. The highest BCUT2D eigenvalue weighted by molar-refractivity contribution is 5.89. The Kier molecular flexibility index (Phi) is 4.90. The molecule has 0 fully saturated rings. The first-order valence-corrected chi connectivity index (χ1v) is 9.18. The Labute approximate surface area is 166 Å². The molecule has 3 aromatic heterocycles. The zero-order valence-corrected chi connectivity index (χ0v) is 16.0. The van der Waals surface area contributed by atoms with Crippen LogP contribution in [0.5, 0.6) is 0 Å². The Morgan fingerprint density at radius 3 is 2.79 bits per heavy atom. The molecule has 1 aromatic carbocycles. The summed E-state index contributed by atoms with van der Waals surface area (Å²) in [7, 11) is 0. The number of imidazole rings is 1. The van der Waals surface area contributed by atoms with E-state index in [4.69, 9.17) is 4.98 Å². The first-order chi connectivity index (χ1) is 14.1. The number of benzene rings is 1. The maximum absolute atomic E-state index is 13.8. The highest BCUT2D eigenvalue weighted by Gasteiger charge is 2.18. The number of pyridine rings is 1. The van der Waals surface area contributed by atoms with E-state index in [-0.39, 0.29) is 11.8 Å². The minimum absolute atomic E-state index is 0.269. The van der Waals surface area contributed by atoms with Crippen LogP contribution in [0.25, 0.3) is 28.2 Å². The third-order valence-electron chi connectivity index (χ3n) is 4.44. The van der Waals surface area contributed by atoms with Gasteiger partial charge in [-0.15, -0.1) is 0 Å². The maximum Gasteiger partial charge on any atom is 0.320 e. The highest BCUT2D eigenvalue weighted by atomic mass is 19.1. The second-order valence-electron chi connectivity index (χ2n) is 6.48. The van der Waals surface area contributed by atoms with Gasteiger partial charge in [-0.05, 0) is 61.9 Å². The molecule has 0 unspecified atom stereocenters. The molecular weight excluding hydrogens is 371 g/mol. The molecule has 0 saturated carbocycles. The van der Waals surface area contributed by atoms with E-state index >= 15 is 0 Å².